The lowest BCUT2D eigenvalue weighted by atomic mass is 10.1. The molecule has 0 amide bonds. The number of nitrogens with one attached hydrogen (secondary N) is 1. The van der Waals surface area contributed by atoms with Gasteiger partial charge in [0.15, 0.2) is 0 Å². The fourth-order valence-corrected chi connectivity index (χ4v) is 3.24. The van der Waals surface area contributed by atoms with Crippen LogP contribution in [0.3, 0.4) is 0 Å². The van der Waals surface area contributed by atoms with Gasteiger partial charge < -0.3 is 0 Å². The molecule has 0 heterocycles. The Morgan fingerprint density at radius 3 is 2.38 bits per heavy atom. The van der Waals surface area contributed by atoms with Gasteiger partial charge in [0.25, 0.3) is 0 Å². The van der Waals surface area contributed by atoms with Crippen LogP contribution < -0.4 is 4.72 Å². The first-order valence-electron chi connectivity index (χ1n) is 4.54. The summed E-state index contributed by atoms with van der Waals surface area (Å²) in [5, 5.41) is 0.707. The zero-order valence-electron chi connectivity index (χ0n) is 7.96. The van der Waals surface area contributed by atoms with Gasteiger partial charge in [-0.1, -0.05) is 22.9 Å². The van der Waals surface area contributed by atoms with Crippen LogP contribution in [0.5, 0.6) is 0 Å². The topological polar surface area (TPSA) is 46.2 Å². The predicted molar refractivity (Wildman–Crippen MR) is 57.5 cm³/mol. The van der Waals surface area contributed by atoms with Crippen molar-refractivity contribution in [3.63, 3.8) is 0 Å². The van der Waals surface area contributed by atoms with E-state index in [0.29, 0.717) is 5.92 Å². The van der Waals surface area contributed by atoms with Crippen LogP contribution in [0.2, 0.25) is 0 Å². The van der Waals surface area contributed by atoms with Crippen LogP contribution in [-0.2, 0) is 10.0 Å². The molecule has 0 saturated heterocycles. The van der Waals surface area contributed by atoms with Gasteiger partial charge in [-0.2, -0.15) is 0 Å². The van der Waals surface area contributed by atoms with E-state index in [1.165, 1.54) is 0 Å². The van der Waals surface area contributed by atoms with Crippen molar-refractivity contribution in [1.82, 2.24) is 4.72 Å². The second kappa shape index (κ2) is 4.28. The largest absolute Gasteiger partial charge is 0.214 e. The molecule has 78 valence electrons. The van der Waals surface area contributed by atoms with Crippen molar-refractivity contribution in [2.75, 3.05) is 5.33 Å². The van der Waals surface area contributed by atoms with E-state index in [1.54, 1.807) is 0 Å². The third-order valence-electron chi connectivity index (χ3n) is 2.41. The first-order valence-corrected chi connectivity index (χ1v) is 7.21. The fraction of sp³-hybridized carbons (Fsp3) is 1.00. The van der Waals surface area contributed by atoms with Crippen molar-refractivity contribution in [2.24, 2.45) is 5.92 Å². The van der Waals surface area contributed by atoms with Crippen molar-refractivity contribution >= 4 is 26.0 Å². The van der Waals surface area contributed by atoms with Gasteiger partial charge in [0, 0.05) is 11.4 Å². The minimum atomic E-state index is -3.01. The molecule has 0 bridgehead atoms. The second-order valence-corrected chi connectivity index (χ2v) is 6.42. The van der Waals surface area contributed by atoms with Crippen LogP contribution in [0, 0.1) is 5.92 Å². The van der Waals surface area contributed by atoms with Crippen LogP contribution in [-0.4, -0.2) is 25.0 Å². The Balaban J connectivity index is 2.47. The number of hydrogen-bond donors (Lipinski definition) is 1. The maximum atomic E-state index is 11.5. The number of halogens is 1. The number of rotatable bonds is 5. The molecule has 1 rings (SSSR count). The zero-order valence-corrected chi connectivity index (χ0v) is 10.4. The highest BCUT2D eigenvalue weighted by molar-refractivity contribution is 9.09. The van der Waals surface area contributed by atoms with Gasteiger partial charge in [-0.25, -0.2) is 13.1 Å². The highest BCUT2D eigenvalue weighted by atomic mass is 79.9. The average Bonchev–Trinajstić information content (AvgIpc) is 2.84. The third kappa shape index (κ3) is 3.22. The van der Waals surface area contributed by atoms with E-state index in [1.807, 2.05) is 13.8 Å². The van der Waals surface area contributed by atoms with Crippen molar-refractivity contribution in [3.8, 4) is 0 Å². The van der Waals surface area contributed by atoms with Crippen LogP contribution in [0.25, 0.3) is 0 Å². The minimum Gasteiger partial charge on any atom is -0.212 e. The molecule has 0 aromatic carbocycles. The molecular weight excluding hydrogens is 254 g/mol. The molecule has 0 radical (unpaired) electrons. The standard InChI is InChI=1S/C8H16BrNO2S/c1-6(5-9)7(2)10-13(11,12)8-3-4-8/h6-8,10H,3-5H2,1-2H3. The quantitative estimate of drug-likeness (QED) is 0.769. The molecule has 2 atom stereocenters. The van der Waals surface area contributed by atoms with E-state index in [4.69, 9.17) is 0 Å². The van der Waals surface area contributed by atoms with E-state index in [-0.39, 0.29) is 11.3 Å². The Hall–Kier alpha value is 0.390. The molecule has 3 nitrogen and oxygen atoms in total. The molecule has 2 unspecified atom stereocenters. The van der Waals surface area contributed by atoms with Gasteiger partial charge in [-0.15, -0.1) is 0 Å². The van der Waals surface area contributed by atoms with E-state index < -0.39 is 10.0 Å². The summed E-state index contributed by atoms with van der Waals surface area (Å²) in [7, 11) is -3.01. The molecule has 1 aliphatic carbocycles. The Morgan fingerprint density at radius 1 is 1.46 bits per heavy atom. The molecule has 1 saturated carbocycles. The van der Waals surface area contributed by atoms with Crippen molar-refractivity contribution in [1.29, 1.82) is 0 Å². The van der Waals surface area contributed by atoms with Crippen LogP contribution >= 0.6 is 15.9 Å². The van der Waals surface area contributed by atoms with Gasteiger partial charge in [0.1, 0.15) is 0 Å². The van der Waals surface area contributed by atoms with E-state index in [9.17, 15) is 8.42 Å². The molecule has 0 aliphatic heterocycles. The first-order chi connectivity index (χ1) is 5.97. The van der Waals surface area contributed by atoms with E-state index in [0.717, 1.165) is 18.2 Å². The van der Waals surface area contributed by atoms with E-state index >= 15 is 0 Å². The summed E-state index contributed by atoms with van der Waals surface area (Å²) in [6.07, 6.45) is 1.65. The Morgan fingerprint density at radius 2 is 2.00 bits per heavy atom. The Kier molecular flexibility index (Phi) is 3.77. The Bertz CT molecular complexity index is 261. The summed E-state index contributed by atoms with van der Waals surface area (Å²) < 4.78 is 25.7. The summed E-state index contributed by atoms with van der Waals surface area (Å²) in [6, 6.07) is 0.0185. The average molecular weight is 270 g/mol. The monoisotopic (exact) mass is 269 g/mol. The van der Waals surface area contributed by atoms with Crippen molar-refractivity contribution < 1.29 is 8.42 Å². The lowest BCUT2D eigenvalue weighted by Gasteiger charge is -2.18. The zero-order chi connectivity index (χ0) is 10.1. The SMILES string of the molecule is CC(CBr)C(C)NS(=O)(=O)C1CC1. The molecular formula is C8H16BrNO2S. The summed E-state index contributed by atoms with van der Waals surface area (Å²) in [6.45, 7) is 3.93. The highest BCUT2D eigenvalue weighted by Gasteiger charge is 2.36. The maximum absolute atomic E-state index is 11.5. The Labute approximate surface area is 88.5 Å². The molecule has 0 aromatic heterocycles. The summed E-state index contributed by atoms with van der Waals surface area (Å²) in [5.74, 6) is 0.327. The van der Waals surface area contributed by atoms with Crippen LogP contribution in [0.4, 0.5) is 0 Å². The van der Waals surface area contributed by atoms with Gasteiger partial charge in [-0.05, 0) is 25.7 Å². The molecule has 0 spiro atoms. The molecule has 5 heteroatoms. The van der Waals surface area contributed by atoms with Crippen LogP contribution in [0.1, 0.15) is 26.7 Å². The number of sulfonamides is 1. The first kappa shape index (κ1) is 11.5. The summed E-state index contributed by atoms with van der Waals surface area (Å²) >= 11 is 3.34. The molecule has 13 heavy (non-hydrogen) atoms. The fourth-order valence-electron chi connectivity index (χ4n) is 0.983. The molecule has 1 fully saturated rings. The lowest BCUT2D eigenvalue weighted by Crippen LogP contribution is -2.39. The molecule has 0 aromatic rings. The summed E-state index contributed by atoms with van der Waals surface area (Å²) in [4.78, 5) is 0. The normalized spacial score (nSPS) is 22.7. The van der Waals surface area contributed by atoms with Crippen LogP contribution in [0.15, 0.2) is 0 Å². The minimum absolute atomic E-state index is 0.0185. The lowest BCUT2D eigenvalue weighted by molar-refractivity contribution is 0.483. The van der Waals surface area contributed by atoms with Gasteiger partial charge in [0.2, 0.25) is 10.0 Å². The molecule has 1 aliphatic rings. The summed E-state index contributed by atoms with van der Waals surface area (Å²) in [5.41, 5.74) is 0. The van der Waals surface area contributed by atoms with Crippen molar-refractivity contribution in [3.05, 3.63) is 0 Å². The van der Waals surface area contributed by atoms with Gasteiger partial charge >= 0.3 is 0 Å². The number of alkyl halides is 1. The van der Waals surface area contributed by atoms with Gasteiger partial charge in [-0.3, -0.25) is 0 Å². The predicted octanol–water partition coefficient (Wildman–Crippen LogP) is 1.49. The molecule has 1 N–H and O–H groups in total. The second-order valence-electron chi connectivity index (χ2n) is 3.78. The maximum Gasteiger partial charge on any atom is 0.214 e. The number of hydrogen-bond acceptors (Lipinski definition) is 2. The smallest absolute Gasteiger partial charge is 0.212 e. The van der Waals surface area contributed by atoms with Gasteiger partial charge in [0.05, 0.1) is 5.25 Å². The van der Waals surface area contributed by atoms with E-state index in [2.05, 4.69) is 20.7 Å². The third-order valence-corrected chi connectivity index (χ3v) is 5.48. The highest BCUT2D eigenvalue weighted by Crippen LogP contribution is 2.28. The van der Waals surface area contributed by atoms with Crippen molar-refractivity contribution in [2.45, 2.75) is 38.0 Å².